The van der Waals surface area contributed by atoms with Gasteiger partial charge in [0.1, 0.15) is 11.6 Å². The van der Waals surface area contributed by atoms with Gasteiger partial charge in [-0.15, -0.1) is 0 Å². The summed E-state index contributed by atoms with van der Waals surface area (Å²) in [5, 5.41) is 6.66. The second kappa shape index (κ2) is 7.98. The highest BCUT2D eigenvalue weighted by Gasteiger charge is 2.27. The van der Waals surface area contributed by atoms with Crippen molar-refractivity contribution >= 4 is 17.4 Å². The summed E-state index contributed by atoms with van der Waals surface area (Å²) in [5.74, 6) is 1.19. The Bertz CT molecular complexity index is 1020. The molecule has 1 saturated heterocycles. The first-order chi connectivity index (χ1) is 14.0. The Hall–Kier alpha value is -3.29. The zero-order valence-corrected chi connectivity index (χ0v) is 16.4. The monoisotopic (exact) mass is 395 g/mol. The molecule has 1 aliphatic heterocycles. The summed E-state index contributed by atoms with van der Waals surface area (Å²) in [4.78, 5) is 23.5. The fraction of sp³-hybridized carbons (Fsp3) is 0.333. The maximum Gasteiger partial charge on any atom is 0.259 e. The van der Waals surface area contributed by atoms with Crippen LogP contribution in [0.2, 0.25) is 0 Å². The number of halogens is 1. The Morgan fingerprint density at radius 1 is 1.28 bits per heavy atom. The van der Waals surface area contributed by atoms with Gasteiger partial charge in [-0.3, -0.25) is 4.79 Å². The van der Waals surface area contributed by atoms with E-state index < -0.39 is 0 Å². The number of piperidine rings is 1. The van der Waals surface area contributed by atoms with E-state index in [2.05, 4.69) is 25.3 Å². The molecule has 150 valence electrons. The number of amides is 1. The van der Waals surface area contributed by atoms with Crippen molar-refractivity contribution in [3.05, 3.63) is 53.7 Å². The summed E-state index contributed by atoms with van der Waals surface area (Å²) in [6.45, 7) is 4.81. The van der Waals surface area contributed by atoms with E-state index in [1.54, 1.807) is 32.2 Å². The summed E-state index contributed by atoms with van der Waals surface area (Å²) in [6, 6.07) is 8.48. The average molecular weight is 395 g/mol. The van der Waals surface area contributed by atoms with Crippen LogP contribution in [-0.2, 0) is 4.79 Å². The van der Waals surface area contributed by atoms with Gasteiger partial charge in [-0.1, -0.05) is 11.2 Å². The molecule has 8 heteroatoms. The standard InChI is InChI=1S/C21H22FN5O2/c1-13-17(22)6-3-7-18(13)25-20(28)16-5-4-10-27(12-16)19-9-8-15(11-23-19)21-24-14(2)26-29-21/h3,6-9,11,16H,4-5,10,12H2,1-2H3,(H,25,28). The summed E-state index contributed by atoms with van der Waals surface area (Å²) in [7, 11) is 0. The van der Waals surface area contributed by atoms with E-state index in [-0.39, 0.29) is 17.6 Å². The minimum absolute atomic E-state index is 0.0960. The Morgan fingerprint density at radius 3 is 2.86 bits per heavy atom. The van der Waals surface area contributed by atoms with Crippen LogP contribution in [-0.4, -0.2) is 34.1 Å². The molecular formula is C21H22FN5O2. The van der Waals surface area contributed by atoms with Gasteiger partial charge in [0.2, 0.25) is 5.91 Å². The minimum atomic E-state index is -0.325. The molecule has 1 aliphatic rings. The molecule has 1 fully saturated rings. The number of benzene rings is 1. The second-order valence-electron chi connectivity index (χ2n) is 7.24. The van der Waals surface area contributed by atoms with Crippen LogP contribution < -0.4 is 10.2 Å². The third kappa shape index (κ3) is 4.11. The van der Waals surface area contributed by atoms with Gasteiger partial charge in [0.15, 0.2) is 5.82 Å². The van der Waals surface area contributed by atoms with Crippen LogP contribution >= 0.6 is 0 Å². The summed E-state index contributed by atoms with van der Waals surface area (Å²) < 4.78 is 18.9. The third-order valence-corrected chi connectivity index (χ3v) is 5.16. The van der Waals surface area contributed by atoms with Gasteiger partial charge in [0, 0.05) is 30.5 Å². The number of rotatable bonds is 4. The van der Waals surface area contributed by atoms with E-state index >= 15 is 0 Å². The molecule has 1 atom stereocenters. The molecule has 2 aromatic heterocycles. The average Bonchev–Trinajstić information content (AvgIpc) is 3.18. The quantitative estimate of drug-likeness (QED) is 0.724. The molecule has 1 N–H and O–H groups in total. The van der Waals surface area contributed by atoms with Gasteiger partial charge in [-0.05, 0) is 51.0 Å². The fourth-order valence-corrected chi connectivity index (χ4v) is 3.49. The van der Waals surface area contributed by atoms with Gasteiger partial charge >= 0.3 is 0 Å². The number of hydrogen-bond acceptors (Lipinski definition) is 6. The van der Waals surface area contributed by atoms with Crippen LogP contribution in [0.4, 0.5) is 15.9 Å². The van der Waals surface area contributed by atoms with Gasteiger partial charge in [0.05, 0.1) is 11.5 Å². The molecule has 0 bridgehead atoms. The number of anilines is 2. The molecule has 4 rings (SSSR count). The van der Waals surface area contributed by atoms with Crippen LogP contribution in [0, 0.1) is 25.6 Å². The highest BCUT2D eigenvalue weighted by atomic mass is 19.1. The summed E-state index contributed by atoms with van der Waals surface area (Å²) in [6.07, 6.45) is 3.37. The number of carbonyl (C=O) groups is 1. The first kappa shape index (κ1) is 19.0. The third-order valence-electron chi connectivity index (χ3n) is 5.16. The molecular weight excluding hydrogens is 373 g/mol. The number of hydrogen-bond donors (Lipinski definition) is 1. The largest absolute Gasteiger partial charge is 0.356 e. The molecule has 0 radical (unpaired) electrons. The summed E-state index contributed by atoms with van der Waals surface area (Å²) in [5.41, 5.74) is 1.72. The predicted octanol–water partition coefficient (Wildman–Crippen LogP) is 3.74. The first-order valence-electron chi connectivity index (χ1n) is 9.59. The zero-order valence-electron chi connectivity index (χ0n) is 16.4. The number of carbonyl (C=O) groups excluding carboxylic acids is 1. The van der Waals surface area contributed by atoms with E-state index in [1.165, 1.54) is 6.07 Å². The highest BCUT2D eigenvalue weighted by Crippen LogP contribution is 2.26. The van der Waals surface area contributed by atoms with E-state index in [1.807, 2.05) is 12.1 Å². The van der Waals surface area contributed by atoms with Gasteiger partial charge < -0.3 is 14.7 Å². The van der Waals surface area contributed by atoms with E-state index in [0.717, 1.165) is 30.8 Å². The van der Waals surface area contributed by atoms with Gasteiger partial charge in [-0.25, -0.2) is 9.37 Å². The van der Waals surface area contributed by atoms with Crippen LogP contribution in [0.15, 0.2) is 41.1 Å². The number of aromatic nitrogens is 3. The lowest BCUT2D eigenvalue weighted by molar-refractivity contribution is -0.120. The van der Waals surface area contributed by atoms with Crippen molar-refractivity contribution in [3.8, 4) is 11.5 Å². The van der Waals surface area contributed by atoms with Crippen LogP contribution in [0.5, 0.6) is 0 Å². The maximum atomic E-state index is 13.7. The molecule has 3 aromatic rings. The van der Waals surface area contributed by atoms with Crippen molar-refractivity contribution in [2.24, 2.45) is 5.92 Å². The normalized spacial score (nSPS) is 16.7. The molecule has 1 unspecified atom stereocenters. The molecule has 0 saturated carbocycles. The molecule has 7 nitrogen and oxygen atoms in total. The predicted molar refractivity (Wildman–Crippen MR) is 107 cm³/mol. The smallest absolute Gasteiger partial charge is 0.259 e. The van der Waals surface area contributed by atoms with Crippen LogP contribution in [0.1, 0.15) is 24.2 Å². The second-order valence-corrected chi connectivity index (χ2v) is 7.24. The SMILES string of the molecule is Cc1noc(-c2ccc(N3CCCC(C(=O)Nc4cccc(F)c4C)C3)nc2)n1. The maximum absolute atomic E-state index is 13.7. The molecule has 1 amide bonds. The van der Waals surface area contributed by atoms with Crippen molar-refractivity contribution in [3.63, 3.8) is 0 Å². The fourth-order valence-electron chi connectivity index (χ4n) is 3.49. The Morgan fingerprint density at radius 2 is 2.14 bits per heavy atom. The van der Waals surface area contributed by atoms with Crippen LogP contribution in [0.25, 0.3) is 11.5 Å². The first-order valence-corrected chi connectivity index (χ1v) is 9.59. The van der Waals surface area contributed by atoms with E-state index in [0.29, 0.717) is 29.5 Å². The number of aryl methyl sites for hydroxylation is 1. The van der Waals surface area contributed by atoms with Crippen LogP contribution in [0.3, 0.4) is 0 Å². The van der Waals surface area contributed by atoms with Crippen molar-refractivity contribution < 1.29 is 13.7 Å². The topological polar surface area (TPSA) is 84.2 Å². The lowest BCUT2D eigenvalue weighted by Crippen LogP contribution is -2.41. The Balaban J connectivity index is 1.44. The number of nitrogens with zero attached hydrogens (tertiary/aromatic N) is 4. The molecule has 1 aromatic carbocycles. The lowest BCUT2D eigenvalue weighted by atomic mass is 9.96. The number of pyridine rings is 1. The van der Waals surface area contributed by atoms with Crippen molar-refractivity contribution in [2.75, 3.05) is 23.3 Å². The molecule has 3 heterocycles. The molecule has 0 spiro atoms. The summed E-state index contributed by atoms with van der Waals surface area (Å²) >= 11 is 0. The van der Waals surface area contributed by atoms with Crippen molar-refractivity contribution in [1.29, 1.82) is 0 Å². The van der Waals surface area contributed by atoms with E-state index in [4.69, 9.17) is 4.52 Å². The van der Waals surface area contributed by atoms with Crippen molar-refractivity contribution in [2.45, 2.75) is 26.7 Å². The molecule has 29 heavy (non-hydrogen) atoms. The zero-order chi connectivity index (χ0) is 20.4. The van der Waals surface area contributed by atoms with Gasteiger partial charge in [-0.2, -0.15) is 4.98 Å². The van der Waals surface area contributed by atoms with E-state index in [9.17, 15) is 9.18 Å². The highest BCUT2D eigenvalue weighted by molar-refractivity contribution is 5.93. The lowest BCUT2D eigenvalue weighted by Gasteiger charge is -2.33. The van der Waals surface area contributed by atoms with Gasteiger partial charge in [0.25, 0.3) is 5.89 Å². The number of nitrogens with one attached hydrogen (secondary N) is 1. The van der Waals surface area contributed by atoms with Crippen molar-refractivity contribution in [1.82, 2.24) is 15.1 Å². The Kier molecular flexibility index (Phi) is 5.24. The Labute approximate surface area is 168 Å². The molecule has 0 aliphatic carbocycles. The minimum Gasteiger partial charge on any atom is -0.356 e.